The van der Waals surface area contributed by atoms with Gasteiger partial charge >= 0.3 is 6.03 Å². The predicted molar refractivity (Wildman–Crippen MR) is 130 cm³/mol. The van der Waals surface area contributed by atoms with E-state index in [-0.39, 0.29) is 11.6 Å². The van der Waals surface area contributed by atoms with Crippen molar-refractivity contribution < 1.29 is 14.4 Å². The second-order valence-electron chi connectivity index (χ2n) is 8.64. The second kappa shape index (κ2) is 8.98. The quantitative estimate of drug-likeness (QED) is 0.388. The molecule has 5 rings (SSSR count). The molecule has 0 bridgehead atoms. The molecule has 4 amide bonds. The molecular formula is C26H24BrN3O3. The number of hydrogen-bond acceptors (Lipinski definition) is 3. The normalized spacial score (nSPS) is 18.9. The molecule has 33 heavy (non-hydrogen) atoms. The molecule has 6 nitrogen and oxygen atoms in total. The molecule has 1 aromatic heterocycles. The number of fused-ring (bicyclic) bond motifs is 1. The Bertz CT molecular complexity index is 1270. The highest BCUT2D eigenvalue weighted by molar-refractivity contribution is 9.10. The van der Waals surface area contributed by atoms with E-state index in [2.05, 4.69) is 37.9 Å². The average molecular weight is 506 g/mol. The molecule has 2 aliphatic rings. The Hall–Kier alpha value is -3.19. The summed E-state index contributed by atoms with van der Waals surface area (Å²) in [5.74, 6) is -1.14. The van der Waals surface area contributed by atoms with Gasteiger partial charge in [-0.1, -0.05) is 65.5 Å². The van der Waals surface area contributed by atoms with E-state index in [1.165, 1.54) is 4.90 Å². The third-order valence-corrected chi connectivity index (χ3v) is 6.99. The zero-order chi connectivity index (χ0) is 22.9. The smallest absolute Gasteiger partial charge is 0.331 e. The number of carbonyl (C=O) groups is 3. The molecule has 0 atom stereocenters. The van der Waals surface area contributed by atoms with E-state index >= 15 is 0 Å². The largest absolute Gasteiger partial charge is 0.342 e. The highest BCUT2D eigenvalue weighted by Gasteiger charge is 2.40. The summed E-state index contributed by atoms with van der Waals surface area (Å²) in [4.78, 5) is 39.7. The zero-order valence-electron chi connectivity index (χ0n) is 18.1. The van der Waals surface area contributed by atoms with Gasteiger partial charge in [-0.3, -0.25) is 19.8 Å². The summed E-state index contributed by atoms with van der Waals surface area (Å²) in [7, 11) is 0. The minimum Gasteiger partial charge on any atom is -0.342 e. The molecular weight excluding hydrogens is 482 g/mol. The Labute approximate surface area is 200 Å². The van der Waals surface area contributed by atoms with Gasteiger partial charge in [0.2, 0.25) is 0 Å². The minimum absolute atomic E-state index is 0.00622. The van der Waals surface area contributed by atoms with Crippen LogP contribution in [0.15, 0.2) is 64.8 Å². The number of halogens is 1. The Morgan fingerprint density at radius 1 is 0.970 bits per heavy atom. The molecule has 1 saturated heterocycles. The van der Waals surface area contributed by atoms with Crippen LogP contribution in [-0.2, 0) is 16.1 Å². The van der Waals surface area contributed by atoms with Crippen molar-refractivity contribution in [3.63, 3.8) is 0 Å². The second-order valence-corrected chi connectivity index (χ2v) is 9.56. The third-order valence-electron chi connectivity index (χ3n) is 6.46. The van der Waals surface area contributed by atoms with Crippen LogP contribution in [0.2, 0.25) is 0 Å². The number of para-hydroxylation sites is 1. The van der Waals surface area contributed by atoms with E-state index < -0.39 is 17.8 Å². The van der Waals surface area contributed by atoms with Gasteiger partial charge in [-0.2, -0.15) is 0 Å². The zero-order valence-corrected chi connectivity index (χ0v) is 19.7. The number of imide groups is 2. The molecule has 0 unspecified atom stereocenters. The Morgan fingerprint density at radius 3 is 2.45 bits per heavy atom. The first-order chi connectivity index (χ1) is 16.0. The van der Waals surface area contributed by atoms with Gasteiger partial charge < -0.3 is 4.57 Å². The van der Waals surface area contributed by atoms with Gasteiger partial charge in [0.25, 0.3) is 11.8 Å². The van der Waals surface area contributed by atoms with Crippen molar-refractivity contribution in [3.05, 3.63) is 75.9 Å². The molecule has 1 N–H and O–H groups in total. The molecule has 1 aliphatic carbocycles. The minimum atomic E-state index is -0.637. The van der Waals surface area contributed by atoms with E-state index in [0.29, 0.717) is 6.54 Å². The third kappa shape index (κ3) is 4.25. The lowest BCUT2D eigenvalue weighted by molar-refractivity contribution is -0.132. The van der Waals surface area contributed by atoms with E-state index in [4.69, 9.17) is 0 Å². The van der Waals surface area contributed by atoms with Crippen LogP contribution in [0.25, 0.3) is 17.0 Å². The molecule has 3 aromatic rings. The van der Waals surface area contributed by atoms with Crippen LogP contribution < -0.4 is 5.32 Å². The summed E-state index contributed by atoms with van der Waals surface area (Å²) in [6.45, 7) is 0.657. The standard InChI is InChI=1S/C26H24BrN3O3/c27-19-12-10-17(11-13-19)15-29-16-18(21-8-4-5-9-23(21)29)14-22-24(31)28-26(33)30(25(22)32)20-6-2-1-3-7-20/h4-5,8-14,16,20H,1-3,6-7,15H2,(H,28,31,33)/b22-14+. The number of carbonyl (C=O) groups excluding carboxylic acids is 3. The fourth-order valence-corrected chi connectivity index (χ4v) is 5.07. The molecule has 2 heterocycles. The van der Waals surface area contributed by atoms with Crippen LogP contribution in [-0.4, -0.2) is 33.4 Å². The van der Waals surface area contributed by atoms with Crippen LogP contribution in [0.4, 0.5) is 4.79 Å². The van der Waals surface area contributed by atoms with Gasteiger partial charge in [-0.25, -0.2) is 4.79 Å². The lowest BCUT2D eigenvalue weighted by atomic mass is 9.93. The number of nitrogens with zero attached hydrogens (tertiary/aromatic N) is 2. The number of hydrogen-bond donors (Lipinski definition) is 1. The topological polar surface area (TPSA) is 71.4 Å². The molecule has 2 aromatic carbocycles. The maximum absolute atomic E-state index is 13.3. The number of nitrogens with one attached hydrogen (secondary N) is 1. The predicted octanol–water partition coefficient (Wildman–Crippen LogP) is 5.25. The highest BCUT2D eigenvalue weighted by Crippen LogP contribution is 2.29. The first kappa shape index (κ1) is 21.6. The molecule has 7 heteroatoms. The summed E-state index contributed by atoms with van der Waals surface area (Å²) < 4.78 is 3.13. The van der Waals surface area contributed by atoms with Crippen molar-refractivity contribution in [2.75, 3.05) is 0 Å². The van der Waals surface area contributed by atoms with Crippen LogP contribution in [0.3, 0.4) is 0 Å². The van der Waals surface area contributed by atoms with Crippen molar-refractivity contribution in [1.82, 2.24) is 14.8 Å². The van der Waals surface area contributed by atoms with Gasteiger partial charge in [-0.15, -0.1) is 0 Å². The molecule has 0 spiro atoms. The van der Waals surface area contributed by atoms with E-state index in [9.17, 15) is 14.4 Å². The summed E-state index contributed by atoms with van der Waals surface area (Å²) in [5, 5.41) is 3.32. The number of rotatable bonds is 4. The Balaban J connectivity index is 1.52. The van der Waals surface area contributed by atoms with E-state index in [1.807, 2.05) is 42.6 Å². The fourth-order valence-electron chi connectivity index (χ4n) is 4.80. The summed E-state index contributed by atoms with van der Waals surface area (Å²) in [5.41, 5.74) is 2.93. The number of barbiturate groups is 1. The van der Waals surface area contributed by atoms with Crippen molar-refractivity contribution in [3.8, 4) is 0 Å². The maximum atomic E-state index is 13.3. The molecule has 1 aliphatic heterocycles. The van der Waals surface area contributed by atoms with Crippen LogP contribution >= 0.6 is 15.9 Å². The van der Waals surface area contributed by atoms with Crippen molar-refractivity contribution in [2.24, 2.45) is 0 Å². The lowest BCUT2D eigenvalue weighted by Gasteiger charge is -2.35. The van der Waals surface area contributed by atoms with E-state index in [1.54, 1.807) is 6.08 Å². The SMILES string of the molecule is O=C1NC(=O)N(C2CCCCC2)C(=O)/C1=C/c1cn(Cc2ccc(Br)cc2)c2ccccc12. The van der Waals surface area contributed by atoms with Crippen LogP contribution in [0.5, 0.6) is 0 Å². The van der Waals surface area contributed by atoms with Crippen molar-refractivity contribution in [2.45, 2.75) is 44.7 Å². The Kier molecular flexibility index (Phi) is 5.89. The van der Waals surface area contributed by atoms with Gasteiger partial charge in [0.05, 0.1) is 0 Å². The lowest BCUT2D eigenvalue weighted by Crippen LogP contribution is -2.58. The average Bonchev–Trinajstić information content (AvgIpc) is 3.16. The molecule has 0 radical (unpaired) electrons. The van der Waals surface area contributed by atoms with Crippen LogP contribution in [0.1, 0.15) is 43.2 Å². The van der Waals surface area contributed by atoms with Gasteiger partial charge in [0, 0.05) is 39.7 Å². The Morgan fingerprint density at radius 2 is 1.70 bits per heavy atom. The number of urea groups is 1. The van der Waals surface area contributed by atoms with Crippen molar-refractivity contribution in [1.29, 1.82) is 0 Å². The van der Waals surface area contributed by atoms with Gasteiger partial charge in [-0.05, 0) is 42.7 Å². The van der Waals surface area contributed by atoms with E-state index in [0.717, 1.165) is 58.6 Å². The number of aromatic nitrogens is 1. The fraction of sp³-hybridized carbons (Fsp3) is 0.269. The molecule has 2 fully saturated rings. The summed E-state index contributed by atoms with van der Waals surface area (Å²) >= 11 is 3.47. The van der Waals surface area contributed by atoms with Gasteiger partial charge in [0.15, 0.2) is 0 Å². The maximum Gasteiger partial charge on any atom is 0.331 e. The molecule has 168 valence electrons. The van der Waals surface area contributed by atoms with Crippen LogP contribution in [0, 0.1) is 0 Å². The first-order valence-electron chi connectivity index (χ1n) is 11.2. The van der Waals surface area contributed by atoms with Gasteiger partial charge in [0.1, 0.15) is 5.57 Å². The number of benzene rings is 2. The number of amides is 4. The highest BCUT2D eigenvalue weighted by atomic mass is 79.9. The molecule has 1 saturated carbocycles. The summed E-state index contributed by atoms with van der Waals surface area (Å²) in [6.07, 6.45) is 8.23. The van der Waals surface area contributed by atoms with Crippen molar-refractivity contribution >= 4 is 50.8 Å². The monoisotopic (exact) mass is 505 g/mol. The summed E-state index contributed by atoms with van der Waals surface area (Å²) in [6, 6.07) is 15.3. The first-order valence-corrected chi connectivity index (χ1v) is 12.0.